The Kier molecular flexibility index (Phi) is 6.04. The van der Waals surface area contributed by atoms with Crippen molar-refractivity contribution in [2.45, 2.75) is 32.5 Å². The second-order valence-corrected chi connectivity index (χ2v) is 8.21. The number of rotatable bonds is 6. The minimum Gasteiger partial charge on any atom is -0.334 e. The molecule has 1 fully saturated rings. The van der Waals surface area contributed by atoms with Gasteiger partial charge in [-0.1, -0.05) is 6.58 Å². The topological polar surface area (TPSA) is 101 Å². The van der Waals surface area contributed by atoms with Crippen LogP contribution in [0.25, 0.3) is 11.0 Å². The van der Waals surface area contributed by atoms with E-state index in [2.05, 4.69) is 38.8 Å². The van der Waals surface area contributed by atoms with Crippen LogP contribution in [0.1, 0.15) is 13.8 Å². The van der Waals surface area contributed by atoms with E-state index >= 15 is 0 Å². The molecule has 1 amide bonds. The standard InChI is InChI=1S/C22H28N8O2/c1-5-19(31)30-13-15(2)28(12-16(30)3)8-9-29-20(32)7-6-17-10-23-22(26-21(17)29)25-18-11-24-27(4)14-18/h5-7,10-11,14-16H,1,8-9,12-13H2,2-4H3,(H,23,25,26)/t15-,16-/m0/s1. The van der Waals surface area contributed by atoms with E-state index in [0.29, 0.717) is 31.2 Å². The molecule has 1 N–H and O–H groups in total. The van der Waals surface area contributed by atoms with E-state index in [1.807, 2.05) is 25.1 Å². The third-order valence-electron chi connectivity index (χ3n) is 5.87. The number of carbonyl (C=O) groups is 1. The third-order valence-corrected chi connectivity index (χ3v) is 5.87. The highest BCUT2D eigenvalue weighted by molar-refractivity contribution is 5.87. The van der Waals surface area contributed by atoms with Gasteiger partial charge < -0.3 is 10.2 Å². The van der Waals surface area contributed by atoms with Gasteiger partial charge in [-0.3, -0.25) is 23.7 Å². The van der Waals surface area contributed by atoms with Crippen molar-refractivity contribution in [2.75, 3.05) is 25.0 Å². The van der Waals surface area contributed by atoms with Crippen molar-refractivity contribution in [3.63, 3.8) is 0 Å². The molecule has 4 heterocycles. The van der Waals surface area contributed by atoms with E-state index in [1.54, 1.807) is 33.8 Å². The van der Waals surface area contributed by atoms with Crippen LogP contribution in [0, 0.1) is 0 Å². The number of nitrogens with zero attached hydrogens (tertiary/aromatic N) is 7. The SMILES string of the molecule is C=CC(=O)N1C[C@H](C)N(CCn2c(=O)ccc3cnc(Nc4cnn(C)c4)nc32)C[C@@H]1C. The Balaban J connectivity index is 1.54. The molecule has 4 rings (SSSR count). The van der Waals surface area contributed by atoms with E-state index in [4.69, 9.17) is 0 Å². The molecule has 1 saturated heterocycles. The summed E-state index contributed by atoms with van der Waals surface area (Å²) in [6.07, 6.45) is 6.59. The number of aryl methyl sites for hydroxylation is 1. The lowest BCUT2D eigenvalue weighted by atomic mass is 10.1. The van der Waals surface area contributed by atoms with E-state index in [0.717, 1.165) is 17.6 Å². The maximum absolute atomic E-state index is 12.7. The summed E-state index contributed by atoms with van der Waals surface area (Å²) in [4.78, 5) is 37.9. The number of anilines is 2. The second kappa shape index (κ2) is 8.91. The van der Waals surface area contributed by atoms with Crippen LogP contribution in [0.4, 0.5) is 11.6 Å². The predicted octanol–water partition coefficient (Wildman–Crippen LogP) is 1.38. The zero-order valence-electron chi connectivity index (χ0n) is 18.6. The van der Waals surface area contributed by atoms with E-state index in [9.17, 15) is 9.59 Å². The van der Waals surface area contributed by atoms with Gasteiger partial charge >= 0.3 is 0 Å². The van der Waals surface area contributed by atoms with Crippen LogP contribution in [-0.4, -0.2) is 71.7 Å². The highest BCUT2D eigenvalue weighted by atomic mass is 16.2. The maximum Gasteiger partial charge on any atom is 0.252 e. The Morgan fingerprint density at radius 3 is 2.75 bits per heavy atom. The summed E-state index contributed by atoms with van der Waals surface area (Å²) >= 11 is 0. The first-order chi connectivity index (χ1) is 15.4. The highest BCUT2D eigenvalue weighted by Gasteiger charge is 2.30. The number of carbonyl (C=O) groups excluding carboxylic acids is 1. The Bertz CT molecular complexity index is 1200. The Labute approximate surface area is 186 Å². The molecule has 10 nitrogen and oxygen atoms in total. The molecular formula is C22H28N8O2. The lowest BCUT2D eigenvalue weighted by Gasteiger charge is -2.43. The van der Waals surface area contributed by atoms with Crippen LogP contribution in [0.15, 0.2) is 48.2 Å². The van der Waals surface area contributed by atoms with Crippen molar-refractivity contribution in [3.8, 4) is 0 Å². The van der Waals surface area contributed by atoms with Crippen LogP contribution in [-0.2, 0) is 18.4 Å². The van der Waals surface area contributed by atoms with Crippen molar-refractivity contribution in [1.82, 2.24) is 34.1 Å². The molecule has 0 spiro atoms. The number of nitrogens with one attached hydrogen (secondary N) is 1. The lowest BCUT2D eigenvalue weighted by Crippen LogP contribution is -2.58. The molecule has 0 aromatic carbocycles. The summed E-state index contributed by atoms with van der Waals surface area (Å²) in [5.41, 5.74) is 1.25. The van der Waals surface area contributed by atoms with Crippen molar-refractivity contribution in [2.24, 2.45) is 7.05 Å². The number of amides is 1. The van der Waals surface area contributed by atoms with Crippen LogP contribution in [0.3, 0.4) is 0 Å². The minimum atomic E-state index is -0.107. The first-order valence-electron chi connectivity index (χ1n) is 10.6. The summed E-state index contributed by atoms with van der Waals surface area (Å²) in [6, 6.07) is 3.55. The van der Waals surface area contributed by atoms with Gasteiger partial charge in [0.2, 0.25) is 11.9 Å². The van der Waals surface area contributed by atoms with Gasteiger partial charge in [0.1, 0.15) is 5.65 Å². The smallest absolute Gasteiger partial charge is 0.252 e. The zero-order chi connectivity index (χ0) is 22.8. The van der Waals surface area contributed by atoms with Crippen molar-refractivity contribution < 1.29 is 4.79 Å². The summed E-state index contributed by atoms with van der Waals surface area (Å²) in [6.45, 7) is 10.3. The fraction of sp³-hybridized carbons (Fsp3) is 0.409. The van der Waals surface area contributed by atoms with Crippen LogP contribution >= 0.6 is 0 Å². The van der Waals surface area contributed by atoms with Crippen LogP contribution in [0.5, 0.6) is 0 Å². The van der Waals surface area contributed by atoms with Gasteiger partial charge in [0.25, 0.3) is 5.56 Å². The van der Waals surface area contributed by atoms with E-state index in [1.165, 1.54) is 6.08 Å². The number of aromatic nitrogens is 5. The van der Waals surface area contributed by atoms with Gasteiger partial charge in [-0.05, 0) is 26.0 Å². The third kappa shape index (κ3) is 4.40. The van der Waals surface area contributed by atoms with Gasteiger partial charge in [-0.25, -0.2) is 4.98 Å². The first kappa shape index (κ1) is 21.7. The molecule has 1 aliphatic heterocycles. The Hall–Kier alpha value is -3.53. The Morgan fingerprint density at radius 2 is 2.03 bits per heavy atom. The molecule has 0 unspecified atom stereocenters. The quantitative estimate of drug-likeness (QED) is 0.583. The molecule has 0 saturated carbocycles. The maximum atomic E-state index is 12.7. The van der Waals surface area contributed by atoms with Crippen LogP contribution < -0.4 is 10.9 Å². The normalized spacial score (nSPS) is 19.3. The number of hydrogen-bond acceptors (Lipinski definition) is 7. The molecular weight excluding hydrogens is 408 g/mol. The second-order valence-electron chi connectivity index (χ2n) is 8.21. The van der Waals surface area contributed by atoms with Gasteiger partial charge in [0.05, 0.1) is 11.9 Å². The molecule has 0 radical (unpaired) electrons. The average Bonchev–Trinajstić information content (AvgIpc) is 3.18. The summed E-state index contributed by atoms with van der Waals surface area (Å²) < 4.78 is 3.37. The molecule has 32 heavy (non-hydrogen) atoms. The predicted molar refractivity (Wildman–Crippen MR) is 123 cm³/mol. The molecule has 168 valence electrons. The first-order valence-corrected chi connectivity index (χ1v) is 10.6. The number of piperazine rings is 1. The number of hydrogen-bond donors (Lipinski definition) is 1. The fourth-order valence-corrected chi connectivity index (χ4v) is 4.13. The molecule has 3 aromatic rings. The average molecular weight is 437 g/mol. The summed E-state index contributed by atoms with van der Waals surface area (Å²) in [7, 11) is 1.83. The molecule has 3 aromatic heterocycles. The molecule has 1 aliphatic rings. The number of fused-ring (bicyclic) bond motifs is 1. The van der Waals surface area contributed by atoms with E-state index in [-0.39, 0.29) is 23.6 Å². The highest BCUT2D eigenvalue weighted by Crippen LogP contribution is 2.18. The van der Waals surface area contributed by atoms with Gasteiger partial charge in [0.15, 0.2) is 0 Å². The monoisotopic (exact) mass is 436 g/mol. The lowest BCUT2D eigenvalue weighted by molar-refractivity contribution is -0.131. The summed E-state index contributed by atoms with van der Waals surface area (Å²) in [5.74, 6) is 0.364. The molecule has 0 aliphatic carbocycles. The van der Waals surface area contributed by atoms with Crippen molar-refractivity contribution in [3.05, 3.63) is 53.7 Å². The summed E-state index contributed by atoms with van der Waals surface area (Å²) in [5, 5.41) is 8.05. The molecule has 2 atom stereocenters. The zero-order valence-corrected chi connectivity index (χ0v) is 18.6. The molecule has 10 heteroatoms. The van der Waals surface area contributed by atoms with E-state index < -0.39 is 0 Å². The van der Waals surface area contributed by atoms with Crippen molar-refractivity contribution >= 4 is 28.6 Å². The number of pyridine rings is 1. The minimum absolute atomic E-state index is 0.0420. The fourth-order valence-electron chi connectivity index (χ4n) is 4.13. The van der Waals surface area contributed by atoms with Crippen LogP contribution in [0.2, 0.25) is 0 Å². The van der Waals surface area contributed by atoms with Gasteiger partial charge in [-0.2, -0.15) is 10.1 Å². The largest absolute Gasteiger partial charge is 0.334 e. The Morgan fingerprint density at radius 1 is 1.22 bits per heavy atom. The van der Waals surface area contributed by atoms with Gasteiger partial charge in [-0.15, -0.1) is 0 Å². The van der Waals surface area contributed by atoms with Crippen molar-refractivity contribution in [1.29, 1.82) is 0 Å². The van der Waals surface area contributed by atoms with Gasteiger partial charge in [0, 0.05) is 69.2 Å². The molecule has 0 bridgehead atoms.